The molecule has 1 saturated heterocycles. The van der Waals surface area contributed by atoms with E-state index in [1.807, 2.05) is 42.1 Å². The number of carbonyl (C=O) groups excluding carboxylic acids is 2. The number of nitrogens with one attached hydrogen (secondary N) is 1. The van der Waals surface area contributed by atoms with Crippen LogP contribution in [-0.2, 0) is 4.74 Å². The highest BCUT2D eigenvalue weighted by atomic mass is 32.1. The van der Waals surface area contributed by atoms with E-state index in [4.69, 9.17) is 9.84 Å². The third-order valence-corrected chi connectivity index (χ3v) is 9.45. The van der Waals surface area contributed by atoms with E-state index in [1.165, 1.54) is 23.5 Å². The number of alkyl carbamates (subject to hydrolysis) is 1. The topological polar surface area (TPSA) is 120 Å². The Morgan fingerprint density at radius 1 is 1.18 bits per heavy atom. The van der Waals surface area contributed by atoms with Crippen molar-refractivity contribution < 1.29 is 23.8 Å². The second-order valence-corrected chi connectivity index (χ2v) is 14.4. The number of nitriles is 1. The van der Waals surface area contributed by atoms with Crippen LogP contribution in [0, 0.1) is 17.1 Å². The highest BCUT2D eigenvalue weighted by Gasteiger charge is 2.40. The van der Waals surface area contributed by atoms with Gasteiger partial charge >= 0.3 is 6.09 Å². The minimum Gasteiger partial charge on any atom is -0.444 e. The van der Waals surface area contributed by atoms with Crippen LogP contribution in [0.4, 0.5) is 9.18 Å². The molecule has 45 heavy (non-hydrogen) atoms. The van der Waals surface area contributed by atoms with Crippen molar-refractivity contribution in [1.29, 1.82) is 5.26 Å². The summed E-state index contributed by atoms with van der Waals surface area (Å²) < 4.78 is 22.1. The zero-order chi connectivity index (χ0) is 32.1. The second kappa shape index (κ2) is 11.6. The van der Waals surface area contributed by atoms with Gasteiger partial charge in [0.05, 0.1) is 27.6 Å². The maximum Gasteiger partial charge on any atom is 0.407 e. The summed E-state index contributed by atoms with van der Waals surface area (Å²) in [5.74, 6) is -0.788. The van der Waals surface area contributed by atoms with Crippen LogP contribution in [0.2, 0.25) is 0 Å². The van der Waals surface area contributed by atoms with Crippen molar-refractivity contribution in [2.24, 2.45) is 0 Å². The Kier molecular flexibility index (Phi) is 7.91. The standard InChI is InChI=1S/C34H36FN5O4S/c1-33(2,3)44-32(42)37-24-6-5-11-39(19-24)31(41)29-14-26(20-7-8-22(17-36)27(35)13-20)30(45-29)21-9-10-28-23(12-21)18-40(38-28)25-15-34(4,43)16-25/h7-10,12-14,18,24-25,43H,5-6,11,15-16,19H2,1-4H3,(H,37,42)/t24-,25?,34?/m1/s1. The molecule has 1 atom stereocenters. The number of hydrogen-bond donors (Lipinski definition) is 2. The first kappa shape index (κ1) is 30.7. The average Bonchev–Trinajstić information content (AvgIpc) is 3.59. The summed E-state index contributed by atoms with van der Waals surface area (Å²) in [6.07, 6.45) is 4.22. The monoisotopic (exact) mass is 629 g/mol. The van der Waals surface area contributed by atoms with Crippen LogP contribution in [0.5, 0.6) is 0 Å². The number of piperidine rings is 1. The first-order valence-electron chi connectivity index (χ1n) is 15.1. The lowest BCUT2D eigenvalue weighted by molar-refractivity contribution is -0.0541. The predicted octanol–water partition coefficient (Wildman–Crippen LogP) is 6.66. The van der Waals surface area contributed by atoms with Gasteiger partial charge in [-0.15, -0.1) is 11.3 Å². The number of aromatic nitrogens is 2. The molecule has 4 aromatic rings. The maximum atomic E-state index is 14.8. The molecule has 2 aromatic heterocycles. The van der Waals surface area contributed by atoms with Crippen LogP contribution in [0.3, 0.4) is 0 Å². The predicted molar refractivity (Wildman–Crippen MR) is 170 cm³/mol. The number of aliphatic hydroxyl groups is 1. The Bertz CT molecular complexity index is 1820. The number of fused-ring (bicyclic) bond motifs is 1. The van der Waals surface area contributed by atoms with Crippen LogP contribution < -0.4 is 5.32 Å². The third-order valence-electron chi connectivity index (χ3n) is 8.28. The van der Waals surface area contributed by atoms with Gasteiger partial charge in [-0.1, -0.05) is 12.1 Å². The van der Waals surface area contributed by atoms with Gasteiger partial charge in [-0.2, -0.15) is 10.4 Å². The number of rotatable bonds is 5. The molecule has 0 unspecified atom stereocenters. The summed E-state index contributed by atoms with van der Waals surface area (Å²) >= 11 is 1.33. The molecule has 0 bridgehead atoms. The number of halogens is 1. The van der Waals surface area contributed by atoms with Gasteiger partial charge in [0.15, 0.2) is 0 Å². The minimum atomic E-state index is -0.667. The molecule has 9 nitrogen and oxygen atoms in total. The van der Waals surface area contributed by atoms with Gasteiger partial charge < -0.3 is 20.1 Å². The fourth-order valence-corrected chi connectivity index (χ4v) is 7.27. The van der Waals surface area contributed by atoms with Gasteiger partial charge in [0.2, 0.25) is 0 Å². The molecule has 1 aliphatic heterocycles. The molecule has 6 rings (SSSR count). The minimum absolute atomic E-state index is 0.0486. The molecule has 2 aliphatic rings. The second-order valence-electron chi connectivity index (χ2n) is 13.3. The molecule has 3 heterocycles. The summed E-state index contributed by atoms with van der Waals surface area (Å²) in [5, 5.41) is 28.0. The molecule has 2 fully saturated rings. The average molecular weight is 630 g/mol. The Hall–Kier alpha value is -4.27. The van der Waals surface area contributed by atoms with E-state index in [0.717, 1.165) is 34.2 Å². The molecule has 0 radical (unpaired) electrons. The number of nitrogens with zero attached hydrogens (tertiary/aromatic N) is 4. The van der Waals surface area contributed by atoms with Gasteiger partial charge in [-0.05, 0) is 94.8 Å². The van der Waals surface area contributed by atoms with Crippen molar-refractivity contribution in [3.05, 3.63) is 64.9 Å². The Morgan fingerprint density at radius 3 is 2.62 bits per heavy atom. The van der Waals surface area contributed by atoms with Crippen LogP contribution in [0.15, 0.2) is 48.7 Å². The fraction of sp³-hybridized carbons (Fsp3) is 0.412. The van der Waals surface area contributed by atoms with Crippen LogP contribution in [0.25, 0.3) is 32.5 Å². The Balaban J connectivity index is 1.32. The first-order chi connectivity index (χ1) is 21.3. The summed E-state index contributed by atoms with van der Waals surface area (Å²) in [4.78, 5) is 29.3. The van der Waals surface area contributed by atoms with Crippen LogP contribution in [0.1, 0.15) is 74.7 Å². The van der Waals surface area contributed by atoms with Crippen molar-refractivity contribution in [2.75, 3.05) is 13.1 Å². The van der Waals surface area contributed by atoms with Crippen molar-refractivity contribution in [1.82, 2.24) is 20.0 Å². The van der Waals surface area contributed by atoms with Crippen LogP contribution >= 0.6 is 11.3 Å². The van der Waals surface area contributed by atoms with Gasteiger partial charge in [0.25, 0.3) is 5.91 Å². The SMILES string of the molecule is CC1(O)CC(n2cc3cc(-c4sc(C(=O)N5CCC[C@@H](NC(=O)OC(C)(C)C)C5)cc4-c4ccc(C#N)c(F)c4)ccc3n2)C1. The molecule has 1 saturated carbocycles. The summed E-state index contributed by atoms with van der Waals surface area (Å²) in [6.45, 7) is 8.15. The van der Waals surface area contributed by atoms with E-state index in [2.05, 4.69) is 5.32 Å². The first-order valence-corrected chi connectivity index (χ1v) is 15.9. The molecule has 2 N–H and O–H groups in total. The Morgan fingerprint density at radius 2 is 1.93 bits per heavy atom. The van der Waals surface area contributed by atoms with Gasteiger partial charge in [0.1, 0.15) is 17.5 Å². The lowest BCUT2D eigenvalue weighted by Crippen LogP contribution is -2.50. The van der Waals surface area contributed by atoms with Crippen LogP contribution in [-0.4, -0.2) is 62.1 Å². The molecule has 11 heteroatoms. The van der Waals surface area contributed by atoms with Gasteiger partial charge in [-0.3, -0.25) is 9.48 Å². The quantitative estimate of drug-likeness (QED) is 0.255. The number of likely N-dealkylation sites (tertiary alicyclic amines) is 1. The number of hydrogen-bond acceptors (Lipinski definition) is 7. The van der Waals surface area contributed by atoms with E-state index in [-0.39, 0.29) is 23.6 Å². The number of amides is 2. The van der Waals surface area contributed by atoms with Crippen molar-refractivity contribution in [3.63, 3.8) is 0 Å². The maximum absolute atomic E-state index is 14.8. The zero-order valence-electron chi connectivity index (χ0n) is 25.8. The normalized spacial score (nSPS) is 21.7. The molecule has 2 amide bonds. The number of thiophene rings is 1. The number of benzene rings is 2. The molecular weight excluding hydrogens is 593 g/mol. The fourth-order valence-electron chi connectivity index (χ4n) is 6.12. The number of carbonyl (C=O) groups is 2. The summed E-state index contributed by atoms with van der Waals surface area (Å²) in [5.41, 5.74) is 1.59. The van der Waals surface area contributed by atoms with Crippen molar-refractivity contribution >= 4 is 34.2 Å². The van der Waals surface area contributed by atoms with E-state index in [0.29, 0.717) is 41.9 Å². The molecule has 2 aromatic carbocycles. The van der Waals surface area contributed by atoms with E-state index >= 15 is 0 Å². The zero-order valence-corrected chi connectivity index (χ0v) is 26.6. The Labute approximate surface area is 265 Å². The third kappa shape index (κ3) is 6.58. The smallest absolute Gasteiger partial charge is 0.407 e. The summed E-state index contributed by atoms with van der Waals surface area (Å²) in [7, 11) is 0. The summed E-state index contributed by atoms with van der Waals surface area (Å²) in [6, 6.07) is 13.9. The highest BCUT2D eigenvalue weighted by Crippen LogP contribution is 2.43. The van der Waals surface area contributed by atoms with Gasteiger partial charge in [-0.25, -0.2) is 9.18 Å². The van der Waals surface area contributed by atoms with E-state index in [1.54, 1.807) is 37.8 Å². The van der Waals surface area contributed by atoms with E-state index < -0.39 is 23.1 Å². The largest absolute Gasteiger partial charge is 0.444 e. The molecule has 1 aliphatic carbocycles. The number of ether oxygens (including phenoxy) is 1. The van der Waals surface area contributed by atoms with Crippen molar-refractivity contribution in [3.8, 4) is 27.6 Å². The van der Waals surface area contributed by atoms with E-state index in [9.17, 15) is 24.3 Å². The van der Waals surface area contributed by atoms with Crippen molar-refractivity contribution in [2.45, 2.75) is 76.7 Å². The molecule has 0 spiro atoms. The van der Waals surface area contributed by atoms with Gasteiger partial charge in [0, 0.05) is 41.2 Å². The highest BCUT2D eigenvalue weighted by molar-refractivity contribution is 7.18. The lowest BCUT2D eigenvalue weighted by Gasteiger charge is -2.40. The molecular formula is C34H36FN5O4S. The molecule has 234 valence electrons. The lowest BCUT2D eigenvalue weighted by atomic mass is 9.77.